The molecular formula is C22H22N3O5P. The normalized spacial score (nSPS) is 13.4. The van der Waals surface area contributed by atoms with E-state index in [1.807, 2.05) is 37.3 Å². The lowest BCUT2D eigenvalue weighted by Crippen LogP contribution is -2.21. The van der Waals surface area contributed by atoms with Gasteiger partial charge in [0.1, 0.15) is 18.4 Å². The first-order chi connectivity index (χ1) is 14.9. The highest BCUT2D eigenvalue weighted by atomic mass is 31.2. The third kappa shape index (κ3) is 4.32. The molecule has 1 unspecified atom stereocenters. The van der Waals surface area contributed by atoms with E-state index >= 15 is 0 Å². The molecule has 0 aliphatic heterocycles. The Bertz CT molecular complexity index is 1310. The van der Waals surface area contributed by atoms with Gasteiger partial charge in [-0.25, -0.2) is 4.98 Å². The van der Waals surface area contributed by atoms with Crippen LogP contribution in [0.15, 0.2) is 71.9 Å². The molecule has 4 rings (SSSR count). The van der Waals surface area contributed by atoms with Gasteiger partial charge in [0, 0.05) is 17.4 Å². The fourth-order valence-electron chi connectivity index (χ4n) is 3.37. The summed E-state index contributed by atoms with van der Waals surface area (Å²) >= 11 is 0. The van der Waals surface area contributed by atoms with Crippen LogP contribution in [0.1, 0.15) is 13.3 Å². The molecule has 2 aromatic carbocycles. The van der Waals surface area contributed by atoms with Crippen LogP contribution in [0.2, 0.25) is 0 Å². The molecule has 0 radical (unpaired) electrons. The van der Waals surface area contributed by atoms with Crippen LogP contribution in [0.4, 0.5) is 0 Å². The Morgan fingerprint density at radius 2 is 1.81 bits per heavy atom. The molecule has 0 spiro atoms. The zero-order chi connectivity index (χ0) is 22.0. The summed E-state index contributed by atoms with van der Waals surface area (Å²) < 4.78 is 20.3. The number of benzene rings is 2. The average molecular weight is 439 g/mol. The van der Waals surface area contributed by atoms with E-state index in [1.54, 1.807) is 22.9 Å². The molecule has 31 heavy (non-hydrogen) atoms. The van der Waals surface area contributed by atoms with Crippen LogP contribution in [0.5, 0.6) is 5.75 Å². The van der Waals surface area contributed by atoms with Crippen molar-refractivity contribution in [3.05, 3.63) is 77.5 Å². The minimum Gasteiger partial charge on any atom is -0.508 e. The van der Waals surface area contributed by atoms with Crippen molar-refractivity contribution in [3.63, 3.8) is 0 Å². The first-order valence-electron chi connectivity index (χ1n) is 9.81. The maximum Gasteiger partial charge on any atom is 0.347 e. The number of hydrogen-bond acceptors (Lipinski definition) is 5. The van der Waals surface area contributed by atoms with Gasteiger partial charge in [0.25, 0.3) is 5.56 Å². The molecule has 160 valence electrons. The van der Waals surface area contributed by atoms with Gasteiger partial charge >= 0.3 is 7.60 Å². The molecule has 2 heterocycles. The highest BCUT2D eigenvalue weighted by Gasteiger charge is 2.23. The highest BCUT2D eigenvalue weighted by Crippen LogP contribution is 2.43. The number of aromatic nitrogens is 3. The van der Waals surface area contributed by atoms with Crippen molar-refractivity contribution in [2.75, 3.05) is 6.61 Å². The highest BCUT2D eigenvalue weighted by molar-refractivity contribution is 7.51. The molecule has 4 aromatic rings. The van der Waals surface area contributed by atoms with Crippen LogP contribution in [-0.2, 0) is 15.4 Å². The number of hydrogen-bond donors (Lipinski definition) is 2. The number of rotatable bonds is 7. The second-order valence-electron chi connectivity index (χ2n) is 7.13. The molecule has 0 aliphatic carbocycles. The van der Waals surface area contributed by atoms with Gasteiger partial charge in [-0.15, -0.1) is 0 Å². The van der Waals surface area contributed by atoms with Gasteiger partial charge in [-0.2, -0.15) is 0 Å². The molecule has 0 amide bonds. The smallest absolute Gasteiger partial charge is 0.347 e. The van der Waals surface area contributed by atoms with Crippen molar-refractivity contribution >= 4 is 18.6 Å². The van der Waals surface area contributed by atoms with Crippen molar-refractivity contribution in [1.82, 2.24) is 14.1 Å². The Kier molecular flexibility index (Phi) is 5.78. The third-order valence-electron chi connectivity index (χ3n) is 4.81. The molecular weight excluding hydrogens is 417 g/mol. The molecule has 8 nitrogen and oxygen atoms in total. The molecule has 0 saturated carbocycles. The Balaban J connectivity index is 1.91. The van der Waals surface area contributed by atoms with Gasteiger partial charge in [0.05, 0.1) is 12.0 Å². The van der Waals surface area contributed by atoms with Crippen molar-refractivity contribution in [1.29, 1.82) is 0 Å². The average Bonchev–Trinajstić information content (AvgIpc) is 3.16. The zero-order valence-corrected chi connectivity index (χ0v) is 17.8. The number of nitrogens with zero attached hydrogens (tertiary/aromatic N) is 3. The first kappa shape index (κ1) is 21.1. The van der Waals surface area contributed by atoms with E-state index < -0.39 is 19.4 Å². The van der Waals surface area contributed by atoms with Crippen LogP contribution in [-0.4, -0.2) is 30.7 Å². The van der Waals surface area contributed by atoms with Crippen LogP contribution >= 0.6 is 7.60 Å². The summed E-state index contributed by atoms with van der Waals surface area (Å²) in [6, 6.07) is 15.9. The summed E-state index contributed by atoms with van der Waals surface area (Å²) in [5, 5.41) is 9.95. The summed E-state index contributed by atoms with van der Waals surface area (Å²) in [5.41, 5.74) is 2.12. The monoisotopic (exact) mass is 439 g/mol. The number of para-hydroxylation sites is 1. The lowest BCUT2D eigenvalue weighted by atomic mass is 10.1. The summed E-state index contributed by atoms with van der Waals surface area (Å²) in [7, 11) is -4.00. The standard InChI is InChI=1S/C22H22N3O5P/c1-2-12-30-31(28,29)15-24-14-23-21-20(22(24)27)19(16-8-10-18(26)11-9-16)13-25(21)17-6-4-3-5-7-17/h3-11,13-14,26H,2,12,15H2,1H3,(H,28,29). The number of phenols is 1. The summed E-state index contributed by atoms with van der Waals surface area (Å²) in [6.45, 7) is 1.96. The zero-order valence-electron chi connectivity index (χ0n) is 16.9. The Labute approximate surface area is 178 Å². The largest absolute Gasteiger partial charge is 0.508 e. The van der Waals surface area contributed by atoms with E-state index in [9.17, 15) is 19.4 Å². The van der Waals surface area contributed by atoms with Gasteiger partial charge < -0.3 is 19.1 Å². The van der Waals surface area contributed by atoms with Crippen LogP contribution < -0.4 is 5.56 Å². The second kappa shape index (κ2) is 8.51. The number of fused-ring (bicyclic) bond motifs is 1. The quantitative estimate of drug-likeness (QED) is 0.420. The lowest BCUT2D eigenvalue weighted by Gasteiger charge is -2.13. The van der Waals surface area contributed by atoms with Gasteiger partial charge in [-0.3, -0.25) is 13.9 Å². The lowest BCUT2D eigenvalue weighted by molar-refractivity contribution is 0.253. The van der Waals surface area contributed by atoms with E-state index in [4.69, 9.17) is 4.52 Å². The van der Waals surface area contributed by atoms with Crippen LogP contribution in [0, 0.1) is 0 Å². The van der Waals surface area contributed by atoms with E-state index in [1.165, 1.54) is 18.5 Å². The Morgan fingerprint density at radius 3 is 2.48 bits per heavy atom. The van der Waals surface area contributed by atoms with Gasteiger partial charge in [-0.1, -0.05) is 37.3 Å². The minimum atomic E-state index is -4.00. The van der Waals surface area contributed by atoms with Crippen LogP contribution in [0.3, 0.4) is 0 Å². The van der Waals surface area contributed by atoms with E-state index in [0.29, 0.717) is 28.6 Å². The third-order valence-corrected chi connectivity index (χ3v) is 6.06. The number of phenolic OH excluding ortho intramolecular Hbond substituents is 1. The minimum absolute atomic E-state index is 0.111. The van der Waals surface area contributed by atoms with E-state index in [2.05, 4.69) is 4.98 Å². The van der Waals surface area contributed by atoms with Crippen molar-refractivity contribution in [2.24, 2.45) is 0 Å². The number of aromatic hydroxyl groups is 1. The van der Waals surface area contributed by atoms with Crippen molar-refractivity contribution in [2.45, 2.75) is 19.6 Å². The van der Waals surface area contributed by atoms with Gasteiger partial charge in [-0.05, 0) is 36.2 Å². The molecule has 0 bridgehead atoms. The Morgan fingerprint density at radius 1 is 1.10 bits per heavy atom. The predicted molar refractivity (Wildman–Crippen MR) is 118 cm³/mol. The fourth-order valence-corrected chi connectivity index (χ4v) is 4.50. The molecule has 0 aliphatic rings. The molecule has 2 N–H and O–H groups in total. The maximum absolute atomic E-state index is 13.4. The molecule has 0 fully saturated rings. The van der Waals surface area contributed by atoms with Crippen molar-refractivity contribution in [3.8, 4) is 22.6 Å². The van der Waals surface area contributed by atoms with E-state index in [0.717, 1.165) is 10.3 Å². The van der Waals surface area contributed by atoms with Gasteiger partial charge in [0.15, 0.2) is 5.65 Å². The first-order valence-corrected chi connectivity index (χ1v) is 11.6. The SMILES string of the molecule is CCCOP(=O)(O)Cn1cnc2c(c(-c3ccc(O)cc3)cn2-c2ccccc2)c1=O. The summed E-state index contributed by atoms with van der Waals surface area (Å²) in [6.07, 6.45) is 3.17. The predicted octanol–water partition coefficient (Wildman–Crippen LogP) is 4.13. The van der Waals surface area contributed by atoms with E-state index in [-0.39, 0.29) is 12.4 Å². The fraction of sp³-hybridized carbons (Fsp3) is 0.182. The van der Waals surface area contributed by atoms with Crippen molar-refractivity contribution < 1.29 is 19.1 Å². The molecule has 9 heteroatoms. The van der Waals surface area contributed by atoms with Gasteiger partial charge in [0.2, 0.25) is 0 Å². The van der Waals surface area contributed by atoms with Crippen LogP contribution in [0.25, 0.3) is 27.8 Å². The molecule has 1 atom stereocenters. The topological polar surface area (TPSA) is 107 Å². The maximum atomic E-state index is 13.4. The summed E-state index contributed by atoms with van der Waals surface area (Å²) in [4.78, 5) is 27.9. The Hall–Kier alpha value is -3.19. The molecule has 2 aromatic heterocycles. The second-order valence-corrected chi connectivity index (χ2v) is 8.94. The molecule has 0 saturated heterocycles. The summed E-state index contributed by atoms with van der Waals surface area (Å²) in [5.74, 6) is 0.111.